The zero-order valence-corrected chi connectivity index (χ0v) is 8.70. The van der Waals surface area contributed by atoms with Crippen molar-refractivity contribution in [2.45, 2.75) is 31.8 Å². The van der Waals surface area contributed by atoms with Crippen molar-refractivity contribution in [1.29, 1.82) is 0 Å². The van der Waals surface area contributed by atoms with Crippen LogP contribution in [0.15, 0.2) is 12.4 Å². The minimum Gasteiger partial charge on any atom is -0.351 e. The smallest absolute Gasteiger partial charge is 0.222 e. The average molecular weight is 210 g/mol. The molecule has 2 atom stereocenters. The second kappa shape index (κ2) is 4.53. The second-order valence-corrected chi connectivity index (χ2v) is 3.95. The van der Waals surface area contributed by atoms with Crippen molar-refractivity contribution in [3.63, 3.8) is 0 Å². The van der Waals surface area contributed by atoms with Gasteiger partial charge in [-0.1, -0.05) is 0 Å². The molecule has 1 aliphatic heterocycles. The fourth-order valence-corrected chi connectivity index (χ4v) is 1.83. The molecule has 15 heavy (non-hydrogen) atoms. The van der Waals surface area contributed by atoms with Gasteiger partial charge in [0.25, 0.3) is 0 Å². The predicted molar refractivity (Wildman–Crippen MR) is 56.1 cm³/mol. The molecule has 0 amide bonds. The summed E-state index contributed by atoms with van der Waals surface area (Å²) < 4.78 is 12.6. The van der Waals surface area contributed by atoms with Gasteiger partial charge in [0.1, 0.15) is 0 Å². The third-order valence-electron chi connectivity index (χ3n) is 2.58. The van der Waals surface area contributed by atoms with E-state index in [1.54, 1.807) is 0 Å². The van der Waals surface area contributed by atoms with Crippen molar-refractivity contribution in [2.24, 2.45) is 0 Å². The van der Waals surface area contributed by atoms with Gasteiger partial charge in [0.2, 0.25) is 5.95 Å². The van der Waals surface area contributed by atoms with E-state index in [-0.39, 0.29) is 0 Å². The number of nitrogens with zero attached hydrogens (tertiary/aromatic N) is 2. The number of rotatable bonds is 2. The number of nitrogens with one attached hydrogen (secondary N) is 2. The van der Waals surface area contributed by atoms with Crippen LogP contribution in [0.25, 0.3) is 0 Å². The molecule has 1 fully saturated rings. The highest BCUT2D eigenvalue weighted by Gasteiger charge is 2.18. The molecule has 4 nitrogen and oxygen atoms in total. The van der Waals surface area contributed by atoms with Gasteiger partial charge in [0.05, 0.1) is 12.4 Å². The standard InChI is InChI=1S/C10H15FN4/c1-7-4-9(2-3-12-7)15-10-13-5-8(11)6-14-10/h5-7,9,12H,2-4H2,1H3,(H,13,14,15). The number of anilines is 1. The Kier molecular flexibility index (Phi) is 3.11. The van der Waals surface area contributed by atoms with E-state index < -0.39 is 5.82 Å². The molecule has 82 valence electrons. The average Bonchev–Trinajstić information content (AvgIpc) is 2.22. The maximum absolute atomic E-state index is 12.6. The van der Waals surface area contributed by atoms with Crippen molar-refractivity contribution >= 4 is 5.95 Å². The minimum atomic E-state index is -0.403. The molecule has 0 aromatic carbocycles. The van der Waals surface area contributed by atoms with Gasteiger partial charge in [-0.25, -0.2) is 14.4 Å². The van der Waals surface area contributed by atoms with Crippen LogP contribution in [0, 0.1) is 5.82 Å². The van der Waals surface area contributed by atoms with E-state index in [0.717, 1.165) is 19.4 Å². The number of halogens is 1. The zero-order valence-electron chi connectivity index (χ0n) is 8.70. The molecule has 2 rings (SSSR count). The summed E-state index contributed by atoms with van der Waals surface area (Å²) in [4.78, 5) is 7.76. The van der Waals surface area contributed by atoms with Gasteiger partial charge < -0.3 is 10.6 Å². The molecule has 2 heterocycles. The predicted octanol–water partition coefficient (Wildman–Crippen LogP) is 1.17. The summed E-state index contributed by atoms with van der Waals surface area (Å²) in [5.41, 5.74) is 0. The van der Waals surface area contributed by atoms with E-state index in [2.05, 4.69) is 27.5 Å². The fourth-order valence-electron chi connectivity index (χ4n) is 1.83. The number of aromatic nitrogens is 2. The van der Waals surface area contributed by atoms with Crippen molar-refractivity contribution in [3.8, 4) is 0 Å². The lowest BCUT2D eigenvalue weighted by Gasteiger charge is -2.28. The van der Waals surface area contributed by atoms with Crippen LogP contribution in [-0.4, -0.2) is 28.6 Å². The number of hydrogen-bond donors (Lipinski definition) is 2. The van der Waals surface area contributed by atoms with Crippen molar-refractivity contribution in [2.75, 3.05) is 11.9 Å². The van der Waals surface area contributed by atoms with Crippen LogP contribution >= 0.6 is 0 Å². The maximum atomic E-state index is 12.6. The third-order valence-corrected chi connectivity index (χ3v) is 2.58. The molecule has 1 aliphatic rings. The summed E-state index contributed by atoms with van der Waals surface area (Å²) in [5.74, 6) is 0.106. The Balaban J connectivity index is 1.93. The molecule has 5 heteroatoms. The summed E-state index contributed by atoms with van der Waals surface area (Å²) in [6.07, 6.45) is 4.45. The topological polar surface area (TPSA) is 49.8 Å². The summed E-state index contributed by atoms with van der Waals surface area (Å²) in [7, 11) is 0. The molecule has 0 radical (unpaired) electrons. The minimum absolute atomic E-state index is 0.381. The Labute approximate surface area is 88.3 Å². The highest BCUT2D eigenvalue weighted by Crippen LogP contribution is 2.12. The van der Waals surface area contributed by atoms with Crippen LogP contribution in [0.1, 0.15) is 19.8 Å². The van der Waals surface area contributed by atoms with Crippen LogP contribution in [0.2, 0.25) is 0 Å². The Bertz CT molecular complexity index is 314. The summed E-state index contributed by atoms with van der Waals surface area (Å²) in [5, 5.41) is 6.58. The van der Waals surface area contributed by atoms with E-state index in [9.17, 15) is 4.39 Å². The van der Waals surface area contributed by atoms with Gasteiger partial charge in [-0.3, -0.25) is 0 Å². The van der Waals surface area contributed by atoms with Crippen LogP contribution in [0.4, 0.5) is 10.3 Å². The van der Waals surface area contributed by atoms with Gasteiger partial charge in [-0.05, 0) is 26.3 Å². The third kappa shape index (κ3) is 2.86. The van der Waals surface area contributed by atoms with Crippen LogP contribution in [0.3, 0.4) is 0 Å². The van der Waals surface area contributed by atoms with E-state index >= 15 is 0 Å². The summed E-state index contributed by atoms with van der Waals surface area (Å²) >= 11 is 0. The molecular weight excluding hydrogens is 195 g/mol. The van der Waals surface area contributed by atoms with Crippen LogP contribution < -0.4 is 10.6 Å². The Morgan fingerprint density at radius 1 is 1.47 bits per heavy atom. The Morgan fingerprint density at radius 3 is 2.87 bits per heavy atom. The van der Waals surface area contributed by atoms with E-state index in [1.165, 1.54) is 12.4 Å². The van der Waals surface area contributed by atoms with Crippen LogP contribution in [-0.2, 0) is 0 Å². The monoisotopic (exact) mass is 210 g/mol. The fraction of sp³-hybridized carbons (Fsp3) is 0.600. The van der Waals surface area contributed by atoms with Gasteiger partial charge in [0, 0.05) is 12.1 Å². The SMILES string of the molecule is CC1CC(Nc2ncc(F)cn2)CCN1. The first-order valence-corrected chi connectivity index (χ1v) is 5.21. The van der Waals surface area contributed by atoms with Crippen LogP contribution in [0.5, 0.6) is 0 Å². The molecule has 0 aliphatic carbocycles. The number of piperidine rings is 1. The lowest BCUT2D eigenvalue weighted by molar-refractivity contribution is 0.395. The van der Waals surface area contributed by atoms with Gasteiger partial charge >= 0.3 is 0 Å². The summed E-state index contributed by atoms with van der Waals surface area (Å²) in [6.45, 7) is 3.15. The lowest BCUT2D eigenvalue weighted by atomic mass is 10.0. The van der Waals surface area contributed by atoms with Gasteiger partial charge in [-0.15, -0.1) is 0 Å². The molecule has 0 saturated carbocycles. The molecule has 1 aromatic rings. The molecule has 2 N–H and O–H groups in total. The maximum Gasteiger partial charge on any atom is 0.222 e. The Morgan fingerprint density at radius 2 is 2.20 bits per heavy atom. The first kappa shape index (κ1) is 10.3. The molecule has 2 unspecified atom stereocenters. The normalized spacial score (nSPS) is 26.3. The molecule has 0 bridgehead atoms. The summed E-state index contributed by atoms with van der Waals surface area (Å²) in [6, 6.07) is 0.892. The van der Waals surface area contributed by atoms with Crippen molar-refractivity contribution in [1.82, 2.24) is 15.3 Å². The van der Waals surface area contributed by atoms with Gasteiger partial charge in [0.15, 0.2) is 5.82 Å². The van der Waals surface area contributed by atoms with Gasteiger partial charge in [-0.2, -0.15) is 0 Å². The molecular formula is C10H15FN4. The highest BCUT2D eigenvalue weighted by molar-refractivity contribution is 5.24. The van der Waals surface area contributed by atoms with E-state index in [4.69, 9.17) is 0 Å². The second-order valence-electron chi connectivity index (χ2n) is 3.95. The van der Waals surface area contributed by atoms with E-state index in [0.29, 0.717) is 18.0 Å². The molecule has 1 saturated heterocycles. The highest BCUT2D eigenvalue weighted by atomic mass is 19.1. The molecule has 0 spiro atoms. The Hall–Kier alpha value is -1.23. The first-order valence-electron chi connectivity index (χ1n) is 5.21. The van der Waals surface area contributed by atoms with E-state index in [1.807, 2.05) is 0 Å². The first-order chi connectivity index (χ1) is 7.24. The van der Waals surface area contributed by atoms with Crippen molar-refractivity contribution < 1.29 is 4.39 Å². The lowest BCUT2D eigenvalue weighted by Crippen LogP contribution is -2.41. The largest absolute Gasteiger partial charge is 0.351 e. The molecule has 1 aromatic heterocycles. The quantitative estimate of drug-likeness (QED) is 0.769. The van der Waals surface area contributed by atoms with Crippen molar-refractivity contribution in [3.05, 3.63) is 18.2 Å². The zero-order chi connectivity index (χ0) is 10.7. The number of hydrogen-bond acceptors (Lipinski definition) is 4.